The number of ether oxygens (including phenoxy) is 1. The van der Waals surface area contributed by atoms with Crippen molar-refractivity contribution in [3.63, 3.8) is 0 Å². The highest BCUT2D eigenvalue weighted by atomic mass is 16.5. The van der Waals surface area contributed by atoms with Gasteiger partial charge in [-0.15, -0.1) is 0 Å². The van der Waals surface area contributed by atoms with Crippen molar-refractivity contribution in [3.8, 4) is 5.75 Å². The molecule has 0 fully saturated rings. The number of carbonyl (C=O) groups excluding carboxylic acids is 2. The number of hydrazone groups is 1. The maximum absolute atomic E-state index is 12.0. The van der Waals surface area contributed by atoms with E-state index >= 15 is 0 Å². The molecule has 0 heterocycles. The molecule has 0 aliphatic carbocycles. The summed E-state index contributed by atoms with van der Waals surface area (Å²) in [6.07, 6.45) is 0.0902. The van der Waals surface area contributed by atoms with Crippen molar-refractivity contribution in [3.05, 3.63) is 59.7 Å². The Morgan fingerprint density at radius 1 is 1.04 bits per heavy atom. The first-order chi connectivity index (χ1) is 12.4. The van der Waals surface area contributed by atoms with E-state index in [0.29, 0.717) is 11.5 Å². The van der Waals surface area contributed by atoms with Crippen LogP contribution in [0.2, 0.25) is 0 Å². The van der Waals surface area contributed by atoms with Gasteiger partial charge in [0, 0.05) is 11.4 Å². The molecular weight excluding hydrogens is 330 g/mol. The normalized spacial score (nSPS) is 11.0. The Morgan fingerprint density at radius 2 is 1.81 bits per heavy atom. The van der Waals surface area contributed by atoms with Crippen LogP contribution in [0.25, 0.3) is 0 Å². The van der Waals surface area contributed by atoms with Crippen LogP contribution in [-0.2, 0) is 9.59 Å². The molecule has 26 heavy (non-hydrogen) atoms. The third kappa shape index (κ3) is 6.39. The van der Waals surface area contributed by atoms with Crippen LogP contribution in [0.3, 0.4) is 0 Å². The topological polar surface area (TPSA) is 79.8 Å². The molecule has 6 heteroatoms. The SMILES string of the molecule is CC(CC(=O)Nc1cccc(C)c1)=NNC(=O)COc1ccccc1C. The number of nitrogens with one attached hydrogen (secondary N) is 2. The molecule has 0 aromatic heterocycles. The van der Waals surface area contributed by atoms with Gasteiger partial charge in [0.15, 0.2) is 6.61 Å². The van der Waals surface area contributed by atoms with Crippen molar-refractivity contribution in [2.24, 2.45) is 5.10 Å². The fourth-order valence-electron chi connectivity index (χ4n) is 2.25. The molecule has 6 nitrogen and oxygen atoms in total. The van der Waals surface area contributed by atoms with Crippen LogP contribution in [0.5, 0.6) is 5.75 Å². The zero-order valence-corrected chi connectivity index (χ0v) is 15.2. The number of anilines is 1. The van der Waals surface area contributed by atoms with E-state index in [-0.39, 0.29) is 24.8 Å². The van der Waals surface area contributed by atoms with E-state index in [9.17, 15) is 9.59 Å². The monoisotopic (exact) mass is 353 g/mol. The molecule has 0 atom stereocenters. The van der Waals surface area contributed by atoms with Crippen molar-refractivity contribution in [1.82, 2.24) is 5.43 Å². The Balaban J connectivity index is 1.77. The summed E-state index contributed by atoms with van der Waals surface area (Å²) >= 11 is 0. The van der Waals surface area contributed by atoms with Crippen LogP contribution in [0, 0.1) is 13.8 Å². The Bertz CT molecular complexity index is 815. The number of aryl methyl sites for hydroxylation is 2. The first kappa shape index (κ1) is 19.2. The number of rotatable bonds is 7. The summed E-state index contributed by atoms with van der Waals surface area (Å²) in [5, 5.41) is 6.73. The van der Waals surface area contributed by atoms with Crippen molar-refractivity contribution in [2.45, 2.75) is 27.2 Å². The van der Waals surface area contributed by atoms with Gasteiger partial charge in [-0.1, -0.05) is 30.3 Å². The van der Waals surface area contributed by atoms with Crippen molar-refractivity contribution in [2.75, 3.05) is 11.9 Å². The highest BCUT2D eigenvalue weighted by Crippen LogP contribution is 2.15. The summed E-state index contributed by atoms with van der Waals surface area (Å²) < 4.78 is 5.44. The van der Waals surface area contributed by atoms with Crippen molar-refractivity contribution < 1.29 is 14.3 Å². The molecule has 2 rings (SSSR count). The minimum Gasteiger partial charge on any atom is -0.483 e. The summed E-state index contributed by atoms with van der Waals surface area (Å²) in [5.74, 6) is 0.0786. The van der Waals surface area contributed by atoms with Gasteiger partial charge in [0.2, 0.25) is 5.91 Å². The van der Waals surface area contributed by atoms with E-state index in [2.05, 4.69) is 15.8 Å². The molecular formula is C20H23N3O3. The second-order valence-electron chi connectivity index (χ2n) is 6.03. The summed E-state index contributed by atoms with van der Waals surface area (Å²) in [5.41, 5.74) is 5.64. The quantitative estimate of drug-likeness (QED) is 0.592. The number of carbonyl (C=O) groups is 2. The highest BCUT2D eigenvalue weighted by Gasteiger charge is 2.07. The van der Waals surface area contributed by atoms with Crippen molar-refractivity contribution in [1.29, 1.82) is 0 Å². The van der Waals surface area contributed by atoms with Gasteiger partial charge < -0.3 is 10.1 Å². The molecule has 2 N–H and O–H groups in total. The second-order valence-corrected chi connectivity index (χ2v) is 6.03. The van der Waals surface area contributed by atoms with Gasteiger partial charge in [0.05, 0.1) is 6.42 Å². The highest BCUT2D eigenvalue weighted by molar-refractivity contribution is 6.05. The van der Waals surface area contributed by atoms with Gasteiger partial charge in [-0.2, -0.15) is 5.10 Å². The smallest absolute Gasteiger partial charge is 0.277 e. The zero-order valence-electron chi connectivity index (χ0n) is 15.2. The van der Waals surface area contributed by atoms with E-state index in [1.165, 1.54) is 0 Å². The van der Waals surface area contributed by atoms with Gasteiger partial charge in [-0.3, -0.25) is 9.59 Å². The number of hydrogen-bond donors (Lipinski definition) is 2. The second kappa shape index (κ2) is 9.36. The number of amides is 2. The molecule has 0 saturated carbocycles. The van der Waals surface area contributed by atoms with E-state index in [4.69, 9.17) is 4.74 Å². The fourth-order valence-corrected chi connectivity index (χ4v) is 2.25. The van der Waals surface area contributed by atoms with E-state index in [0.717, 1.165) is 16.8 Å². The minimum absolute atomic E-state index is 0.0902. The Kier molecular flexibility index (Phi) is 6.91. The molecule has 2 aromatic carbocycles. The van der Waals surface area contributed by atoms with Gasteiger partial charge in [-0.05, 0) is 50.1 Å². The standard InChI is InChI=1S/C20H23N3O3/c1-14-7-6-9-17(11-14)21-19(24)12-16(3)22-23-20(25)13-26-18-10-5-4-8-15(18)2/h4-11H,12-13H2,1-3H3,(H,21,24)(H,23,25). The van der Waals surface area contributed by atoms with Crippen LogP contribution in [0.4, 0.5) is 5.69 Å². The lowest BCUT2D eigenvalue weighted by Crippen LogP contribution is -2.26. The molecule has 136 valence electrons. The summed E-state index contributed by atoms with van der Waals surface area (Å²) in [6.45, 7) is 5.40. The van der Waals surface area contributed by atoms with E-state index in [1.54, 1.807) is 13.0 Å². The lowest BCUT2D eigenvalue weighted by Gasteiger charge is -2.08. The average Bonchev–Trinajstić information content (AvgIpc) is 2.59. The van der Waals surface area contributed by atoms with Crippen LogP contribution >= 0.6 is 0 Å². The summed E-state index contributed by atoms with van der Waals surface area (Å²) in [7, 11) is 0. The van der Waals surface area contributed by atoms with Gasteiger partial charge in [0.1, 0.15) is 5.75 Å². The molecule has 0 spiro atoms. The zero-order chi connectivity index (χ0) is 18.9. The summed E-state index contributed by atoms with van der Waals surface area (Å²) in [6, 6.07) is 15.0. The molecule has 0 aliphatic rings. The van der Waals surface area contributed by atoms with Crippen molar-refractivity contribution >= 4 is 23.2 Å². The number of nitrogens with zero attached hydrogens (tertiary/aromatic N) is 1. The number of hydrogen-bond acceptors (Lipinski definition) is 4. The van der Waals surface area contributed by atoms with Crippen LogP contribution in [0.1, 0.15) is 24.5 Å². The van der Waals surface area contributed by atoms with Crippen LogP contribution in [-0.4, -0.2) is 24.1 Å². The number of benzene rings is 2. The lowest BCUT2D eigenvalue weighted by atomic mass is 10.2. The molecule has 0 saturated heterocycles. The molecule has 2 amide bonds. The molecule has 2 aromatic rings. The fraction of sp³-hybridized carbons (Fsp3) is 0.250. The van der Waals surface area contributed by atoms with Crippen LogP contribution < -0.4 is 15.5 Å². The Labute approximate surface area is 153 Å². The summed E-state index contributed by atoms with van der Waals surface area (Å²) in [4.78, 5) is 23.8. The average molecular weight is 353 g/mol. The molecule has 0 radical (unpaired) electrons. The Hall–Kier alpha value is -3.15. The first-order valence-corrected chi connectivity index (χ1v) is 8.31. The molecule has 0 unspecified atom stereocenters. The third-order valence-corrected chi connectivity index (χ3v) is 3.54. The van der Waals surface area contributed by atoms with E-state index < -0.39 is 0 Å². The van der Waals surface area contributed by atoms with E-state index in [1.807, 2.05) is 56.3 Å². The maximum Gasteiger partial charge on any atom is 0.277 e. The maximum atomic E-state index is 12.0. The minimum atomic E-state index is -0.383. The van der Waals surface area contributed by atoms with Gasteiger partial charge >= 0.3 is 0 Å². The largest absolute Gasteiger partial charge is 0.483 e. The predicted molar refractivity (Wildman–Crippen MR) is 102 cm³/mol. The van der Waals surface area contributed by atoms with Crippen LogP contribution in [0.15, 0.2) is 53.6 Å². The predicted octanol–water partition coefficient (Wildman–Crippen LogP) is 3.20. The lowest BCUT2D eigenvalue weighted by molar-refractivity contribution is -0.123. The third-order valence-electron chi connectivity index (χ3n) is 3.54. The molecule has 0 aliphatic heterocycles. The molecule has 0 bridgehead atoms. The Morgan fingerprint density at radius 3 is 2.54 bits per heavy atom. The van der Waals surface area contributed by atoms with Gasteiger partial charge in [-0.25, -0.2) is 5.43 Å². The first-order valence-electron chi connectivity index (χ1n) is 8.31. The van der Waals surface area contributed by atoms with Gasteiger partial charge in [0.25, 0.3) is 5.91 Å². The number of para-hydroxylation sites is 1.